The number of carbonyl (C=O) groups excluding carboxylic acids is 1. The van der Waals surface area contributed by atoms with Crippen LogP contribution in [0.25, 0.3) is 0 Å². The summed E-state index contributed by atoms with van der Waals surface area (Å²) < 4.78 is 13.1. The van der Waals surface area contributed by atoms with Crippen molar-refractivity contribution < 1.29 is 9.18 Å². The average molecular weight is 426 g/mol. The maximum Gasteiger partial charge on any atom is 0.223 e. The van der Waals surface area contributed by atoms with Crippen molar-refractivity contribution >= 4 is 17.3 Å². The monoisotopic (exact) mass is 425 g/mol. The van der Waals surface area contributed by atoms with Crippen LogP contribution in [0.1, 0.15) is 19.3 Å². The zero-order valence-corrected chi connectivity index (χ0v) is 18.0. The number of nitrogens with zero attached hydrogens (tertiary/aromatic N) is 4. The Bertz CT molecular complexity index is 816. The van der Waals surface area contributed by atoms with E-state index in [1.165, 1.54) is 17.8 Å². The van der Waals surface area contributed by atoms with Crippen molar-refractivity contribution in [2.24, 2.45) is 5.92 Å². The molecule has 0 spiro atoms. The first-order valence-corrected chi connectivity index (χ1v) is 11.3. The van der Waals surface area contributed by atoms with Gasteiger partial charge in [0.15, 0.2) is 0 Å². The Hall–Kier alpha value is -2.67. The van der Waals surface area contributed by atoms with E-state index in [1.54, 1.807) is 0 Å². The van der Waals surface area contributed by atoms with Crippen LogP contribution in [0.3, 0.4) is 0 Å². The van der Waals surface area contributed by atoms with Gasteiger partial charge in [0, 0.05) is 75.5 Å². The number of amides is 1. The lowest BCUT2D eigenvalue weighted by molar-refractivity contribution is -0.125. The minimum atomic E-state index is -0.191. The summed E-state index contributed by atoms with van der Waals surface area (Å²) in [6, 6.07) is 10.8. The topological polar surface area (TPSA) is 51.7 Å². The zero-order chi connectivity index (χ0) is 21.5. The fourth-order valence-electron chi connectivity index (χ4n) is 4.49. The second-order valence-electron chi connectivity index (χ2n) is 8.42. The molecule has 0 saturated carbocycles. The summed E-state index contributed by atoms with van der Waals surface area (Å²) in [4.78, 5) is 23.7. The van der Waals surface area contributed by atoms with Crippen molar-refractivity contribution in [1.29, 1.82) is 0 Å². The second kappa shape index (κ2) is 10.6. The fourth-order valence-corrected chi connectivity index (χ4v) is 4.49. The zero-order valence-electron chi connectivity index (χ0n) is 18.0. The lowest BCUT2D eigenvalue weighted by Gasteiger charge is -2.36. The Kier molecular flexibility index (Phi) is 7.35. The molecule has 6 nitrogen and oxygen atoms in total. The molecule has 0 radical (unpaired) electrons. The van der Waals surface area contributed by atoms with E-state index < -0.39 is 0 Å². The number of benzene rings is 1. The first-order chi connectivity index (χ1) is 15.2. The van der Waals surface area contributed by atoms with E-state index in [9.17, 15) is 9.18 Å². The van der Waals surface area contributed by atoms with Gasteiger partial charge in [-0.2, -0.15) is 0 Å². The highest BCUT2D eigenvalue weighted by Crippen LogP contribution is 2.22. The molecule has 0 aliphatic carbocycles. The summed E-state index contributed by atoms with van der Waals surface area (Å²) in [5.41, 5.74) is 2.27. The molecule has 2 aromatic rings. The van der Waals surface area contributed by atoms with Crippen LogP contribution >= 0.6 is 0 Å². The lowest BCUT2D eigenvalue weighted by atomic mass is 9.95. The first-order valence-electron chi connectivity index (χ1n) is 11.3. The summed E-state index contributed by atoms with van der Waals surface area (Å²) in [6.45, 7) is 7.47. The number of hydrogen-bond acceptors (Lipinski definition) is 5. The summed E-state index contributed by atoms with van der Waals surface area (Å²) in [5, 5.41) is 3.15. The Morgan fingerprint density at radius 1 is 0.903 bits per heavy atom. The number of pyridine rings is 1. The molecule has 2 fully saturated rings. The number of anilines is 2. The van der Waals surface area contributed by atoms with Crippen molar-refractivity contribution in [3.63, 3.8) is 0 Å². The fraction of sp³-hybridized carbons (Fsp3) is 0.500. The van der Waals surface area contributed by atoms with Crippen molar-refractivity contribution in [2.75, 3.05) is 62.2 Å². The number of carbonyl (C=O) groups is 1. The van der Waals surface area contributed by atoms with Crippen LogP contribution < -0.4 is 15.1 Å². The standard InChI is InChI=1S/C24H32FN5O/c25-21-2-4-22(5-3-21)30-18-16-28(17-19-30)13-1-10-27-24(31)20-8-14-29(15-9-20)23-6-11-26-12-7-23/h2-7,11-12,20H,1,8-10,13-19H2,(H,27,31). The first kappa shape index (κ1) is 21.6. The third-order valence-electron chi connectivity index (χ3n) is 6.41. The molecule has 3 heterocycles. The Labute approximate surface area is 184 Å². The van der Waals surface area contributed by atoms with E-state index in [4.69, 9.17) is 0 Å². The molecule has 0 bridgehead atoms. The molecule has 1 N–H and O–H groups in total. The van der Waals surface area contributed by atoms with Crippen molar-refractivity contribution in [1.82, 2.24) is 15.2 Å². The normalized spacial score (nSPS) is 18.2. The molecule has 1 amide bonds. The van der Waals surface area contributed by atoms with Gasteiger partial charge in [-0.3, -0.25) is 14.7 Å². The second-order valence-corrected chi connectivity index (χ2v) is 8.42. The number of halogens is 1. The molecule has 31 heavy (non-hydrogen) atoms. The molecular formula is C24H32FN5O. The molecule has 0 unspecified atom stereocenters. The van der Waals surface area contributed by atoms with Crippen LogP contribution in [0.4, 0.5) is 15.8 Å². The lowest BCUT2D eigenvalue weighted by Crippen LogP contribution is -2.47. The maximum atomic E-state index is 13.1. The largest absolute Gasteiger partial charge is 0.371 e. The van der Waals surface area contributed by atoms with Gasteiger partial charge in [-0.25, -0.2) is 4.39 Å². The summed E-state index contributed by atoms with van der Waals surface area (Å²) >= 11 is 0. The van der Waals surface area contributed by atoms with E-state index in [0.717, 1.165) is 77.3 Å². The van der Waals surface area contributed by atoms with Crippen LogP contribution in [0.5, 0.6) is 0 Å². The SMILES string of the molecule is O=C(NCCCN1CCN(c2ccc(F)cc2)CC1)C1CCN(c2ccncc2)CC1. The van der Waals surface area contributed by atoms with Gasteiger partial charge < -0.3 is 15.1 Å². The van der Waals surface area contributed by atoms with Crippen LogP contribution in [0, 0.1) is 11.7 Å². The third-order valence-corrected chi connectivity index (χ3v) is 6.41. The molecule has 2 aliphatic heterocycles. The number of nitrogens with one attached hydrogen (secondary N) is 1. The van der Waals surface area contributed by atoms with Gasteiger partial charge in [0.25, 0.3) is 0 Å². The van der Waals surface area contributed by atoms with E-state index in [-0.39, 0.29) is 17.6 Å². The van der Waals surface area contributed by atoms with Gasteiger partial charge in [0.2, 0.25) is 5.91 Å². The number of hydrogen-bond donors (Lipinski definition) is 1. The highest BCUT2D eigenvalue weighted by atomic mass is 19.1. The molecule has 2 aliphatic rings. The molecule has 2 saturated heterocycles. The predicted molar refractivity (Wildman–Crippen MR) is 122 cm³/mol. The highest BCUT2D eigenvalue weighted by Gasteiger charge is 2.25. The number of piperazine rings is 1. The Morgan fingerprint density at radius 3 is 2.19 bits per heavy atom. The molecule has 166 valence electrons. The Balaban J connectivity index is 1.10. The molecule has 7 heteroatoms. The van der Waals surface area contributed by atoms with Gasteiger partial charge in [-0.05, 0) is 62.2 Å². The summed E-state index contributed by atoms with van der Waals surface area (Å²) in [7, 11) is 0. The number of aromatic nitrogens is 1. The highest BCUT2D eigenvalue weighted by molar-refractivity contribution is 5.79. The van der Waals surface area contributed by atoms with Gasteiger partial charge in [-0.1, -0.05) is 0 Å². The average Bonchev–Trinajstić information content (AvgIpc) is 2.83. The minimum absolute atomic E-state index is 0.123. The van der Waals surface area contributed by atoms with E-state index in [2.05, 4.69) is 25.0 Å². The smallest absolute Gasteiger partial charge is 0.223 e. The van der Waals surface area contributed by atoms with Crippen LogP contribution in [-0.4, -0.2) is 68.1 Å². The van der Waals surface area contributed by atoms with Crippen molar-refractivity contribution in [3.8, 4) is 0 Å². The van der Waals surface area contributed by atoms with Crippen LogP contribution in [0.2, 0.25) is 0 Å². The quantitative estimate of drug-likeness (QED) is 0.692. The van der Waals surface area contributed by atoms with Crippen molar-refractivity contribution in [2.45, 2.75) is 19.3 Å². The molecule has 1 aromatic carbocycles. The Morgan fingerprint density at radius 2 is 1.52 bits per heavy atom. The summed E-state index contributed by atoms with van der Waals surface area (Å²) in [5.74, 6) is 0.136. The molecular weight excluding hydrogens is 393 g/mol. The predicted octanol–water partition coefficient (Wildman–Crippen LogP) is 2.77. The van der Waals surface area contributed by atoms with Crippen molar-refractivity contribution in [3.05, 3.63) is 54.6 Å². The van der Waals surface area contributed by atoms with Gasteiger partial charge in [0.05, 0.1) is 0 Å². The van der Waals surface area contributed by atoms with Crippen LogP contribution in [-0.2, 0) is 4.79 Å². The third kappa shape index (κ3) is 5.94. The summed E-state index contributed by atoms with van der Waals surface area (Å²) in [6.07, 6.45) is 6.41. The molecule has 0 atom stereocenters. The maximum absolute atomic E-state index is 13.1. The molecule has 4 rings (SSSR count). The number of piperidine rings is 1. The van der Waals surface area contributed by atoms with Crippen LogP contribution in [0.15, 0.2) is 48.8 Å². The van der Waals surface area contributed by atoms with Gasteiger partial charge in [0.1, 0.15) is 5.82 Å². The minimum Gasteiger partial charge on any atom is -0.371 e. The molecule has 1 aromatic heterocycles. The van der Waals surface area contributed by atoms with Gasteiger partial charge >= 0.3 is 0 Å². The number of rotatable bonds is 7. The van der Waals surface area contributed by atoms with E-state index in [1.807, 2.05) is 36.7 Å². The van der Waals surface area contributed by atoms with E-state index >= 15 is 0 Å². The van der Waals surface area contributed by atoms with E-state index in [0.29, 0.717) is 0 Å². The van der Waals surface area contributed by atoms with Gasteiger partial charge in [-0.15, -0.1) is 0 Å².